The van der Waals surface area contributed by atoms with E-state index in [1.165, 1.54) is 30.5 Å². The van der Waals surface area contributed by atoms with E-state index in [4.69, 9.17) is 5.26 Å². The van der Waals surface area contributed by atoms with Crippen LogP contribution in [0, 0.1) is 23.1 Å². The molecular weight excluding hydrogens is 349 g/mol. The van der Waals surface area contributed by atoms with Gasteiger partial charge in [-0.2, -0.15) is 10.4 Å². The second-order valence-corrected chi connectivity index (χ2v) is 7.84. The summed E-state index contributed by atoms with van der Waals surface area (Å²) in [7, 11) is -3.35. The summed E-state index contributed by atoms with van der Waals surface area (Å²) in [5.74, 6) is -1.98. The lowest BCUT2D eigenvalue weighted by Crippen LogP contribution is -2.39. The van der Waals surface area contributed by atoms with Crippen LogP contribution in [-0.2, 0) is 9.84 Å². The average molecular weight is 363 g/mol. The number of H-pyrrole nitrogens is 1. The normalized spacial score (nSPS) is 21.4. The molecule has 2 aromatic rings. The Morgan fingerprint density at radius 1 is 1.32 bits per heavy atom. The average Bonchev–Trinajstić information content (AvgIpc) is 3.13. The highest BCUT2D eigenvalue weighted by atomic mass is 32.2. The molecule has 1 saturated heterocycles. The Morgan fingerprint density at radius 2 is 2.04 bits per heavy atom. The fraction of sp³-hybridized carbons (Fsp3) is 0.267. The first-order valence-electron chi connectivity index (χ1n) is 7.35. The van der Waals surface area contributed by atoms with Crippen LogP contribution in [0.25, 0.3) is 0 Å². The number of amides is 1. The van der Waals surface area contributed by atoms with E-state index in [2.05, 4.69) is 20.8 Å². The van der Waals surface area contributed by atoms with Crippen molar-refractivity contribution in [1.29, 1.82) is 5.26 Å². The van der Waals surface area contributed by atoms with Gasteiger partial charge in [-0.1, -0.05) is 0 Å². The number of carbonyl (C=O) groups is 1. The molecule has 2 unspecified atom stereocenters. The summed E-state index contributed by atoms with van der Waals surface area (Å²) in [5.41, 5.74) is 0.698. The van der Waals surface area contributed by atoms with Gasteiger partial charge in [0.2, 0.25) is 0 Å². The van der Waals surface area contributed by atoms with E-state index >= 15 is 0 Å². The van der Waals surface area contributed by atoms with Gasteiger partial charge in [0, 0.05) is 5.69 Å². The fourth-order valence-electron chi connectivity index (χ4n) is 2.59. The predicted molar refractivity (Wildman–Crippen MR) is 87.3 cm³/mol. The number of nitrogens with one attached hydrogen (secondary N) is 3. The Morgan fingerprint density at radius 3 is 2.72 bits per heavy atom. The summed E-state index contributed by atoms with van der Waals surface area (Å²) < 4.78 is 36.2. The topological polar surface area (TPSA) is 128 Å². The number of benzene rings is 1. The molecule has 1 aliphatic rings. The van der Waals surface area contributed by atoms with Crippen molar-refractivity contribution >= 4 is 27.2 Å². The standard InChI is InChI=1S/C15H14FN5O3S/c16-10-1-3-11(4-2-10)19-14-12(6-18-21-14)15(22)20-13-8-25(23,24)7-9(13)5-17/h1-4,6,9,13H,7-8H2,(H,20,22)(H2,18,19,21). The van der Waals surface area contributed by atoms with Crippen molar-refractivity contribution in [3.63, 3.8) is 0 Å². The maximum Gasteiger partial charge on any atom is 0.256 e. The summed E-state index contributed by atoms with van der Waals surface area (Å²) in [6.45, 7) is 0. The van der Waals surface area contributed by atoms with Gasteiger partial charge in [0.25, 0.3) is 5.91 Å². The summed E-state index contributed by atoms with van der Waals surface area (Å²) in [6.07, 6.45) is 1.28. The number of nitrogens with zero attached hydrogens (tertiary/aromatic N) is 2. The Balaban J connectivity index is 1.74. The minimum Gasteiger partial charge on any atom is -0.347 e. The molecule has 0 aliphatic carbocycles. The van der Waals surface area contributed by atoms with Gasteiger partial charge < -0.3 is 10.6 Å². The fourth-order valence-corrected chi connectivity index (χ4v) is 4.45. The van der Waals surface area contributed by atoms with Crippen LogP contribution in [0.15, 0.2) is 30.5 Å². The first-order chi connectivity index (χ1) is 11.9. The Labute approximate surface area is 143 Å². The van der Waals surface area contributed by atoms with E-state index < -0.39 is 33.5 Å². The number of hydrogen-bond donors (Lipinski definition) is 3. The first-order valence-corrected chi connectivity index (χ1v) is 9.17. The van der Waals surface area contributed by atoms with Gasteiger partial charge in [-0.15, -0.1) is 0 Å². The Bertz CT molecular complexity index is 933. The molecule has 0 saturated carbocycles. The third kappa shape index (κ3) is 3.77. The van der Waals surface area contributed by atoms with E-state index in [0.29, 0.717) is 5.69 Å². The van der Waals surface area contributed by atoms with Crippen LogP contribution in [0.3, 0.4) is 0 Å². The minimum atomic E-state index is -3.35. The van der Waals surface area contributed by atoms with E-state index in [0.717, 1.165) is 0 Å². The van der Waals surface area contributed by atoms with Crippen molar-refractivity contribution in [1.82, 2.24) is 15.5 Å². The Hall–Kier alpha value is -2.93. The first kappa shape index (κ1) is 16.9. The summed E-state index contributed by atoms with van der Waals surface area (Å²) in [6, 6.07) is 6.66. The van der Waals surface area contributed by atoms with Gasteiger partial charge in [0.15, 0.2) is 9.84 Å². The van der Waals surface area contributed by atoms with Gasteiger partial charge in [0.05, 0.1) is 35.7 Å². The number of rotatable bonds is 4. The van der Waals surface area contributed by atoms with Crippen molar-refractivity contribution in [2.24, 2.45) is 5.92 Å². The largest absolute Gasteiger partial charge is 0.347 e. The van der Waals surface area contributed by atoms with E-state index in [1.54, 1.807) is 0 Å². The molecule has 8 nitrogen and oxygen atoms in total. The van der Waals surface area contributed by atoms with Gasteiger partial charge in [-0.3, -0.25) is 9.89 Å². The van der Waals surface area contributed by atoms with Crippen LogP contribution < -0.4 is 10.6 Å². The lowest BCUT2D eigenvalue weighted by atomic mass is 10.1. The van der Waals surface area contributed by atoms with E-state index in [-0.39, 0.29) is 22.9 Å². The SMILES string of the molecule is N#CC1CS(=O)(=O)CC1NC(=O)c1cn[nH]c1Nc1ccc(F)cc1. The van der Waals surface area contributed by atoms with Crippen molar-refractivity contribution < 1.29 is 17.6 Å². The molecule has 130 valence electrons. The zero-order valence-corrected chi connectivity index (χ0v) is 13.7. The Kier molecular flexibility index (Phi) is 4.41. The number of sulfone groups is 1. The highest BCUT2D eigenvalue weighted by molar-refractivity contribution is 7.91. The number of aromatic amines is 1. The van der Waals surface area contributed by atoms with Crippen LogP contribution in [-0.4, -0.2) is 42.1 Å². The van der Waals surface area contributed by atoms with E-state index in [1.807, 2.05) is 6.07 Å². The maximum absolute atomic E-state index is 12.9. The maximum atomic E-state index is 12.9. The van der Waals surface area contributed by atoms with Crippen molar-refractivity contribution in [3.8, 4) is 6.07 Å². The van der Waals surface area contributed by atoms with Gasteiger partial charge in [-0.25, -0.2) is 12.8 Å². The van der Waals surface area contributed by atoms with Crippen molar-refractivity contribution in [2.75, 3.05) is 16.8 Å². The molecule has 1 aliphatic heterocycles. The van der Waals surface area contributed by atoms with E-state index in [9.17, 15) is 17.6 Å². The highest BCUT2D eigenvalue weighted by Crippen LogP contribution is 2.21. The molecule has 10 heteroatoms. The number of nitriles is 1. The molecular formula is C15H14FN5O3S. The minimum absolute atomic E-state index is 0.158. The van der Waals surface area contributed by atoms with Crippen LogP contribution in [0.2, 0.25) is 0 Å². The molecule has 25 heavy (non-hydrogen) atoms. The van der Waals surface area contributed by atoms with Crippen molar-refractivity contribution in [3.05, 3.63) is 41.8 Å². The molecule has 1 fully saturated rings. The molecule has 3 rings (SSSR count). The zero-order chi connectivity index (χ0) is 18.0. The van der Waals surface area contributed by atoms with Gasteiger partial charge >= 0.3 is 0 Å². The van der Waals surface area contributed by atoms with Crippen LogP contribution in [0.4, 0.5) is 15.9 Å². The highest BCUT2D eigenvalue weighted by Gasteiger charge is 2.39. The molecule has 0 spiro atoms. The number of carbonyl (C=O) groups excluding carboxylic acids is 1. The number of halogens is 1. The predicted octanol–water partition coefficient (Wildman–Crippen LogP) is 0.959. The lowest BCUT2D eigenvalue weighted by molar-refractivity contribution is 0.0937. The number of anilines is 2. The monoisotopic (exact) mass is 363 g/mol. The molecule has 1 aromatic carbocycles. The second-order valence-electron chi connectivity index (χ2n) is 5.68. The lowest BCUT2D eigenvalue weighted by Gasteiger charge is -2.14. The number of aromatic nitrogens is 2. The zero-order valence-electron chi connectivity index (χ0n) is 12.9. The smallest absolute Gasteiger partial charge is 0.256 e. The molecule has 2 atom stereocenters. The summed E-state index contributed by atoms with van der Waals surface area (Å²) in [5, 5.41) is 20.9. The van der Waals surface area contributed by atoms with Crippen LogP contribution in [0.1, 0.15) is 10.4 Å². The van der Waals surface area contributed by atoms with Gasteiger partial charge in [0.1, 0.15) is 17.2 Å². The molecule has 3 N–H and O–H groups in total. The quantitative estimate of drug-likeness (QED) is 0.742. The molecule has 1 aromatic heterocycles. The molecule has 0 bridgehead atoms. The van der Waals surface area contributed by atoms with Gasteiger partial charge in [-0.05, 0) is 24.3 Å². The third-order valence-corrected chi connectivity index (χ3v) is 5.57. The third-order valence-electron chi connectivity index (χ3n) is 3.83. The van der Waals surface area contributed by atoms with Crippen molar-refractivity contribution in [2.45, 2.75) is 6.04 Å². The molecule has 0 radical (unpaired) electrons. The number of hydrogen-bond acceptors (Lipinski definition) is 6. The second kappa shape index (κ2) is 6.52. The van der Waals surface area contributed by atoms with Crippen LogP contribution >= 0.6 is 0 Å². The van der Waals surface area contributed by atoms with Crippen LogP contribution in [0.5, 0.6) is 0 Å². The molecule has 2 heterocycles. The molecule has 1 amide bonds. The summed E-state index contributed by atoms with van der Waals surface area (Å²) in [4.78, 5) is 12.4. The summed E-state index contributed by atoms with van der Waals surface area (Å²) >= 11 is 0.